The summed E-state index contributed by atoms with van der Waals surface area (Å²) in [5.74, 6) is 0. The van der Waals surface area contributed by atoms with E-state index < -0.39 is 15.6 Å². The first kappa shape index (κ1) is 21.6. The van der Waals surface area contributed by atoms with Gasteiger partial charge in [-0.3, -0.25) is 0 Å². The quantitative estimate of drug-likeness (QED) is 0.353. The highest BCUT2D eigenvalue weighted by molar-refractivity contribution is 7.86. The second kappa shape index (κ2) is 7.92. The molecule has 19 heavy (non-hydrogen) atoms. The van der Waals surface area contributed by atoms with Crippen LogP contribution in [0.25, 0.3) is 0 Å². The molecule has 1 heterocycles. The Kier molecular flexibility index (Phi) is 9.00. The van der Waals surface area contributed by atoms with Crippen molar-refractivity contribution in [1.82, 2.24) is 0 Å². The van der Waals surface area contributed by atoms with E-state index in [1.54, 1.807) is 0 Å². The van der Waals surface area contributed by atoms with Crippen LogP contribution in [0.3, 0.4) is 0 Å². The van der Waals surface area contributed by atoms with Crippen molar-refractivity contribution in [1.29, 1.82) is 0 Å². The number of aromatic amines is 1. The summed E-state index contributed by atoms with van der Waals surface area (Å²) < 4.78 is 58.9. The number of alkyl halides is 3. The van der Waals surface area contributed by atoms with E-state index in [-0.39, 0.29) is 27.6 Å². The fraction of sp³-hybridized carbons (Fsp3) is 0.167. The van der Waals surface area contributed by atoms with Crippen molar-refractivity contribution >= 4 is 56.5 Å². The van der Waals surface area contributed by atoms with Crippen molar-refractivity contribution in [3.05, 3.63) is 26.4 Å². The topological polar surface area (TPSA) is 71.3 Å². The monoisotopic (exact) mass is 400 g/mol. The molecule has 0 bridgehead atoms. The molecule has 0 spiro atoms. The summed E-state index contributed by atoms with van der Waals surface area (Å²) in [7, 11) is -6.09. The predicted molar refractivity (Wildman–Crippen MR) is 58.8 cm³/mol. The van der Waals surface area contributed by atoms with Gasteiger partial charge in [-0.2, -0.15) is 18.2 Å². The summed E-state index contributed by atoms with van der Waals surface area (Å²) in [6.07, 6.45) is 1.47. The van der Waals surface area contributed by atoms with Crippen LogP contribution in [0.2, 0.25) is 20.2 Å². The average molecular weight is 402 g/mol. The first-order valence-corrected chi connectivity index (χ1v) is 6.52. The van der Waals surface area contributed by atoms with Crippen molar-refractivity contribution in [3.63, 3.8) is 0 Å². The molecule has 0 radical (unpaired) electrons. The van der Waals surface area contributed by atoms with Gasteiger partial charge in [0, 0.05) is 0 Å². The maximum atomic E-state index is 10.7. The van der Waals surface area contributed by atoms with Crippen LogP contribution in [0, 0.1) is 0 Å². The molecule has 0 aliphatic rings. The Labute approximate surface area is 132 Å². The Bertz CT molecular complexity index is 509. The Morgan fingerprint density at radius 2 is 1.47 bits per heavy atom. The van der Waals surface area contributed by atoms with E-state index in [9.17, 15) is 13.2 Å². The summed E-state index contributed by atoms with van der Waals surface area (Å²) in [5.41, 5.74) is -5.65. The molecule has 0 unspecified atom stereocenters. The number of rotatable bonds is 0. The lowest BCUT2D eigenvalue weighted by molar-refractivity contribution is -0.375. The fourth-order valence-electron chi connectivity index (χ4n) is 0.455. The number of pyridine rings is 1. The van der Waals surface area contributed by atoms with Gasteiger partial charge in [-0.25, -0.2) is 8.42 Å². The zero-order valence-corrected chi connectivity index (χ0v) is 12.8. The SMILES string of the molecule is Clc1c[nH+]c(Cl)c(Cl)c1Cl.O=S(=O)([O-])C(F)(F)F.[Cl-]. The van der Waals surface area contributed by atoms with Crippen molar-refractivity contribution in [3.8, 4) is 0 Å². The van der Waals surface area contributed by atoms with Crippen LogP contribution in [-0.2, 0) is 10.1 Å². The lowest BCUT2D eigenvalue weighted by Gasteiger charge is -2.08. The first-order valence-electron chi connectivity index (χ1n) is 3.60. The molecular weight excluding hydrogens is 400 g/mol. The highest BCUT2D eigenvalue weighted by Crippen LogP contribution is 2.31. The second-order valence-electron chi connectivity index (χ2n) is 2.48. The Morgan fingerprint density at radius 1 is 1.11 bits per heavy atom. The molecule has 0 fully saturated rings. The van der Waals surface area contributed by atoms with Crippen LogP contribution in [0.1, 0.15) is 0 Å². The molecule has 1 aromatic heterocycles. The number of H-pyrrole nitrogens is 1. The molecule has 0 aliphatic carbocycles. The molecule has 13 heteroatoms. The van der Waals surface area contributed by atoms with Gasteiger partial charge in [0.25, 0.3) is 5.15 Å². The van der Waals surface area contributed by atoms with Crippen molar-refractivity contribution in [2.24, 2.45) is 0 Å². The van der Waals surface area contributed by atoms with Gasteiger partial charge in [-0.15, -0.1) is 0 Å². The lowest BCUT2D eigenvalue weighted by atomic mass is 10.5. The molecule has 4 nitrogen and oxygen atoms in total. The van der Waals surface area contributed by atoms with Crippen LogP contribution in [-0.4, -0.2) is 18.5 Å². The number of aromatic nitrogens is 1. The second-order valence-corrected chi connectivity index (χ2v) is 5.39. The maximum Gasteiger partial charge on any atom is 0.485 e. The van der Waals surface area contributed by atoms with E-state index in [2.05, 4.69) is 4.98 Å². The van der Waals surface area contributed by atoms with E-state index in [0.29, 0.717) is 5.02 Å². The summed E-state index contributed by atoms with van der Waals surface area (Å²) in [4.78, 5) is 2.63. The Morgan fingerprint density at radius 3 is 1.74 bits per heavy atom. The minimum absolute atomic E-state index is 0. The summed E-state index contributed by atoms with van der Waals surface area (Å²) in [5, 5.41) is 1.16. The van der Waals surface area contributed by atoms with Crippen LogP contribution in [0.4, 0.5) is 13.2 Å². The molecule has 112 valence electrons. The molecule has 1 N–H and O–H groups in total. The third kappa shape index (κ3) is 7.03. The third-order valence-corrected chi connectivity index (χ3v) is 3.43. The zero-order chi connectivity index (χ0) is 14.7. The van der Waals surface area contributed by atoms with Gasteiger partial charge in [0.15, 0.2) is 16.3 Å². The fourth-order valence-corrected chi connectivity index (χ4v) is 1.15. The van der Waals surface area contributed by atoms with Crippen LogP contribution in [0.15, 0.2) is 6.20 Å². The number of nitrogens with one attached hydrogen (secondary N) is 1. The summed E-state index contributed by atoms with van der Waals surface area (Å²) >= 11 is 22.4. The maximum absolute atomic E-state index is 10.7. The molecule has 1 aromatic rings. The largest absolute Gasteiger partial charge is 1.00 e. The molecule has 0 amide bonds. The average Bonchev–Trinajstić information content (AvgIpc) is 2.19. The van der Waals surface area contributed by atoms with Gasteiger partial charge < -0.3 is 17.0 Å². The van der Waals surface area contributed by atoms with Crippen molar-refractivity contribution in [2.45, 2.75) is 5.51 Å². The minimum Gasteiger partial charge on any atom is -1.00 e. The molecule has 0 atom stereocenters. The van der Waals surface area contributed by atoms with E-state index in [0.717, 1.165) is 0 Å². The summed E-state index contributed by atoms with van der Waals surface area (Å²) in [6.45, 7) is 0. The highest BCUT2D eigenvalue weighted by atomic mass is 35.5. The number of hydrogen-bond acceptors (Lipinski definition) is 3. The standard InChI is InChI=1S/C5HCl4N.CHF3O3S.ClH/c6-2-1-10-5(9)4(8)3(2)7;2-1(3,4)8(5,6)7;/h1H;(H,5,6,7);1H/p-1. The smallest absolute Gasteiger partial charge is 0.485 e. The molecular formula is C6H2Cl5F3NO3S-. The minimum atomic E-state index is -6.09. The molecule has 0 saturated carbocycles. The van der Waals surface area contributed by atoms with E-state index in [1.807, 2.05) is 0 Å². The Hall–Kier alpha value is 0.300. The van der Waals surface area contributed by atoms with Crippen LogP contribution < -0.4 is 17.4 Å². The highest BCUT2D eigenvalue weighted by Gasteiger charge is 2.36. The number of hydrogen-bond donors (Lipinski definition) is 0. The third-order valence-electron chi connectivity index (χ3n) is 1.20. The lowest BCUT2D eigenvalue weighted by Crippen LogP contribution is -3.00. The predicted octanol–water partition coefficient (Wildman–Crippen LogP) is 0.170. The van der Waals surface area contributed by atoms with Gasteiger partial charge in [0.1, 0.15) is 10.0 Å². The van der Waals surface area contributed by atoms with E-state index in [1.165, 1.54) is 6.20 Å². The first-order chi connectivity index (χ1) is 7.88. The normalized spacial score (nSPS) is 11.2. The Balaban J connectivity index is 0. The number of halogens is 8. The van der Waals surface area contributed by atoms with Gasteiger partial charge in [0.2, 0.25) is 0 Å². The van der Waals surface area contributed by atoms with Crippen LogP contribution >= 0.6 is 46.4 Å². The van der Waals surface area contributed by atoms with Gasteiger partial charge in [-0.05, 0) is 11.6 Å². The van der Waals surface area contributed by atoms with Gasteiger partial charge >= 0.3 is 5.51 Å². The van der Waals surface area contributed by atoms with E-state index in [4.69, 9.17) is 59.4 Å². The van der Waals surface area contributed by atoms with E-state index >= 15 is 0 Å². The van der Waals surface area contributed by atoms with Crippen LogP contribution in [0.5, 0.6) is 0 Å². The van der Waals surface area contributed by atoms with Crippen molar-refractivity contribution < 1.29 is 43.5 Å². The molecule has 0 aromatic carbocycles. The molecule has 1 rings (SSSR count). The summed E-state index contributed by atoms with van der Waals surface area (Å²) in [6, 6.07) is 0. The van der Waals surface area contributed by atoms with Gasteiger partial charge in [0.05, 0.1) is 5.02 Å². The molecule has 0 saturated heterocycles. The zero-order valence-electron chi connectivity index (χ0n) is 8.23. The molecule has 0 aliphatic heterocycles. The van der Waals surface area contributed by atoms with Crippen molar-refractivity contribution in [2.75, 3.05) is 0 Å². The van der Waals surface area contributed by atoms with Gasteiger partial charge in [-0.1, -0.05) is 34.8 Å².